The van der Waals surface area contributed by atoms with Gasteiger partial charge in [-0.2, -0.15) is 0 Å². The number of carbonyl (C=O) groups is 1. The average Bonchev–Trinajstić information content (AvgIpc) is 3.06. The number of piperidine rings is 1. The highest BCUT2D eigenvalue weighted by Gasteiger charge is 2.27. The highest BCUT2D eigenvalue weighted by atomic mass is 16.3. The molecule has 3 aromatic rings. The summed E-state index contributed by atoms with van der Waals surface area (Å²) in [4.78, 5) is 20.1. The Morgan fingerprint density at radius 2 is 1.85 bits per heavy atom. The maximum atomic E-state index is 13.4. The number of furan rings is 1. The quantitative estimate of drug-likeness (QED) is 0.660. The third-order valence-corrected chi connectivity index (χ3v) is 5.10. The molecule has 0 aliphatic carbocycles. The Bertz CT molecular complexity index is 950. The predicted octanol–water partition coefficient (Wildman–Crippen LogP) is 4.92. The molecule has 4 nitrogen and oxygen atoms in total. The molecule has 4 rings (SSSR count). The van der Waals surface area contributed by atoms with E-state index in [-0.39, 0.29) is 5.91 Å². The molecule has 26 heavy (non-hydrogen) atoms. The Kier molecular flexibility index (Phi) is 4.27. The van der Waals surface area contributed by atoms with E-state index in [4.69, 9.17) is 9.40 Å². The van der Waals surface area contributed by atoms with Crippen LogP contribution in [0.25, 0.3) is 22.4 Å². The van der Waals surface area contributed by atoms with Gasteiger partial charge in [0.05, 0.1) is 11.1 Å². The molecule has 1 aliphatic heterocycles. The number of aromatic nitrogens is 1. The van der Waals surface area contributed by atoms with Gasteiger partial charge in [0, 0.05) is 18.5 Å². The largest absolute Gasteiger partial charge is 0.460 e. The number of para-hydroxylation sites is 1. The van der Waals surface area contributed by atoms with Crippen LogP contribution in [0, 0.1) is 18.8 Å². The van der Waals surface area contributed by atoms with Crippen molar-refractivity contribution in [3.8, 4) is 11.5 Å². The molecule has 4 heteroatoms. The second kappa shape index (κ2) is 6.60. The van der Waals surface area contributed by atoms with E-state index >= 15 is 0 Å². The van der Waals surface area contributed by atoms with E-state index in [0.717, 1.165) is 29.8 Å². The monoisotopic (exact) mass is 348 g/mol. The fourth-order valence-corrected chi connectivity index (χ4v) is 4.05. The van der Waals surface area contributed by atoms with Crippen LogP contribution >= 0.6 is 0 Å². The van der Waals surface area contributed by atoms with Crippen molar-refractivity contribution in [3.05, 3.63) is 53.8 Å². The van der Waals surface area contributed by atoms with E-state index in [1.165, 1.54) is 6.42 Å². The van der Waals surface area contributed by atoms with Gasteiger partial charge in [-0.15, -0.1) is 0 Å². The molecule has 0 bridgehead atoms. The number of fused-ring (bicyclic) bond motifs is 1. The summed E-state index contributed by atoms with van der Waals surface area (Å²) in [7, 11) is 0. The van der Waals surface area contributed by atoms with Crippen molar-refractivity contribution in [1.29, 1.82) is 0 Å². The lowest BCUT2D eigenvalue weighted by Crippen LogP contribution is -2.42. The lowest BCUT2D eigenvalue weighted by Gasteiger charge is -2.35. The molecule has 1 aliphatic rings. The lowest BCUT2D eigenvalue weighted by atomic mass is 9.91. The van der Waals surface area contributed by atoms with E-state index in [1.54, 1.807) is 0 Å². The van der Waals surface area contributed by atoms with E-state index in [2.05, 4.69) is 13.8 Å². The van der Waals surface area contributed by atoms with Gasteiger partial charge >= 0.3 is 0 Å². The molecule has 0 spiro atoms. The number of benzene rings is 1. The van der Waals surface area contributed by atoms with E-state index < -0.39 is 0 Å². The molecular formula is C22H24N2O2. The van der Waals surface area contributed by atoms with Gasteiger partial charge in [-0.05, 0) is 49.4 Å². The maximum absolute atomic E-state index is 13.4. The van der Waals surface area contributed by atoms with Gasteiger partial charge in [0.25, 0.3) is 5.91 Å². The molecule has 134 valence electrons. The minimum absolute atomic E-state index is 0.0894. The number of carbonyl (C=O) groups excluding carboxylic acids is 1. The number of hydrogen-bond acceptors (Lipinski definition) is 3. The van der Waals surface area contributed by atoms with Crippen molar-refractivity contribution in [3.63, 3.8) is 0 Å². The van der Waals surface area contributed by atoms with Crippen molar-refractivity contribution < 1.29 is 9.21 Å². The Morgan fingerprint density at radius 3 is 2.54 bits per heavy atom. The summed E-state index contributed by atoms with van der Waals surface area (Å²) in [6.07, 6.45) is 1.18. The van der Waals surface area contributed by atoms with Gasteiger partial charge < -0.3 is 9.32 Å². The van der Waals surface area contributed by atoms with Crippen LogP contribution in [0.15, 0.2) is 46.9 Å². The summed E-state index contributed by atoms with van der Waals surface area (Å²) in [6, 6.07) is 13.5. The predicted molar refractivity (Wildman–Crippen MR) is 103 cm³/mol. The molecule has 1 aromatic carbocycles. The second-order valence-corrected chi connectivity index (χ2v) is 7.64. The van der Waals surface area contributed by atoms with Crippen LogP contribution in [-0.2, 0) is 0 Å². The van der Waals surface area contributed by atoms with Crippen LogP contribution in [0.1, 0.15) is 36.4 Å². The van der Waals surface area contributed by atoms with Gasteiger partial charge in [0.1, 0.15) is 11.5 Å². The van der Waals surface area contributed by atoms with Crippen molar-refractivity contribution in [2.24, 2.45) is 11.8 Å². The third kappa shape index (κ3) is 3.12. The first-order valence-electron chi connectivity index (χ1n) is 9.27. The number of aryl methyl sites for hydroxylation is 1. The summed E-state index contributed by atoms with van der Waals surface area (Å²) in [6.45, 7) is 7.98. The zero-order chi connectivity index (χ0) is 18.3. The number of amides is 1. The number of likely N-dealkylation sites (tertiary alicyclic amines) is 1. The van der Waals surface area contributed by atoms with Gasteiger partial charge in [-0.25, -0.2) is 4.98 Å². The Hall–Kier alpha value is -2.62. The average molecular weight is 348 g/mol. The van der Waals surface area contributed by atoms with Crippen LogP contribution < -0.4 is 0 Å². The van der Waals surface area contributed by atoms with E-state index in [0.29, 0.717) is 28.9 Å². The standard InChI is InChI=1S/C22H24N2O2/c1-14-10-15(2)13-24(12-14)22(25)18-11-20(21-9-8-16(3)26-21)23-19-7-5-4-6-17(18)19/h4-9,11,14-15H,10,12-13H2,1-3H3/t14-,15+. The Labute approximate surface area is 153 Å². The Morgan fingerprint density at radius 1 is 1.12 bits per heavy atom. The first kappa shape index (κ1) is 16.8. The number of hydrogen-bond donors (Lipinski definition) is 0. The van der Waals surface area contributed by atoms with Gasteiger partial charge in [-0.3, -0.25) is 4.79 Å². The first-order chi connectivity index (χ1) is 12.5. The molecule has 3 heterocycles. The maximum Gasteiger partial charge on any atom is 0.254 e. The van der Waals surface area contributed by atoms with Crippen LogP contribution in [0.2, 0.25) is 0 Å². The third-order valence-electron chi connectivity index (χ3n) is 5.10. The summed E-state index contributed by atoms with van der Waals surface area (Å²) in [5, 5.41) is 0.899. The number of pyridine rings is 1. The highest BCUT2D eigenvalue weighted by molar-refractivity contribution is 6.07. The number of nitrogens with zero attached hydrogens (tertiary/aromatic N) is 2. The zero-order valence-corrected chi connectivity index (χ0v) is 15.5. The lowest BCUT2D eigenvalue weighted by molar-refractivity contribution is 0.0625. The SMILES string of the molecule is Cc1ccc(-c2cc(C(=O)N3C[C@H](C)C[C@H](C)C3)c3ccccc3n2)o1. The van der Waals surface area contributed by atoms with Gasteiger partial charge in [0.15, 0.2) is 5.76 Å². The molecule has 1 fully saturated rings. The molecule has 0 unspecified atom stereocenters. The smallest absolute Gasteiger partial charge is 0.254 e. The summed E-state index contributed by atoms with van der Waals surface area (Å²) < 4.78 is 5.75. The second-order valence-electron chi connectivity index (χ2n) is 7.64. The van der Waals surface area contributed by atoms with Gasteiger partial charge in [0.2, 0.25) is 0 Å². The minimum atomic E-state index is 0.0894. The van der Waals surface area contributed by atoms with Crippen molar-refractivity contribution in [1.82, 2.24) is 9.88 Å². The summed E-state index contributed by atoms with van der Waals surface area (Å²) >= 11 is 0. The fourth-order valence-electron chi connectivity index (χ4n) is 4.05. The number of rotatable bonds is 2. The van der Waals surface area contributed by atoms with Crippen molar-refractivity contribution in [2.45, 2.75) is 27.2 Å². The van der Waals surface area contributed by atoms with Crippen molar-refractivity contribution >= 4 is 16.8 Å². The molecule has 2 atom stereocenters. The van der Waals surface area contributed by atoms with Crippen LogP contribution in [0.3, 0.4) is 0 Å². The molecule has 0 saturated carbocycles. The summed E-state index contributed by atoms with van der Waals surface area (Å²) in [5.41, 5.74) is 2.24. The minimum Gasteiger partial charge on any atom is -0.460 e. The zero-order valence-electron chi connectivity index (χ0n) is 15.5. The van der Waals surface area contributed by atoms with E-state index in [1.807, 2.05) is 54.3 Å². The molecule has 2 aromatic heterocycles. The first-order valence-corrected chi connectivity index (χ1v) is 9.27. The fraction of sp³-hybridized carbons (Fsp3) is 0.364. The molecular weight excluding hydrogens is 324 g/mol. The van der Waals surface area contributed by atoms with Crippen LogP contribution in [0.5, 0.6) is 0 Å². The molecule has 1 saturated heterocycles. The van der Waals surface area contributed by atoms with E-state index in [9.17, 15) is 4.79 Å². The molecule has 0 N–H and O–H groups in total. The van der Waals surface area contributed by atoms with Crippen LogP contribution in [0.4, 0.5) is 0 Å². The molecule has 0 radical (unpaired) electrons. The van der Waals surface area contributed by atoms with Crippen molar-refractivity contribution in [2.75, 3.05) is 13.1 Å². The Balaban J connectivity index is 1.81. The summed E-state index contributed by atoms with van der Waals surface area (Å²) in [5.74, 6) is 2.68. The topological polar surface area (TPSA) is 46.3 Å². The van der Waals surface area contributed by atoms with Crippen LogP contribution in [-0.4, -0.2) is 28.9 Å². The molecule has 1 amide bonds. The highest BCUT2D eigenvalue weighted by Crippen LogP contribution is 2.29. The normalized spacial score (nSPS) is 20.5. The van der Waals surface area contributed by atoms with Gasteiger partial charge in [-0.1, -0.05) is 32.0 Å².